The number of benzene rings is 1. The van der Waals surface area contributed by atoms with Crippen molar-refractivity contribution in [1.29, 1.82) is 0 Å². The predicted octanol–water partition coefficient (Wildman–Crippen LogP) is 3.30. The second-order valence-corrected chi connectivity index (χ2v) is 7.67. The molecule has 2 amide bonds. The van der Waals surface area contributed by atoms with Crippen LogP contribution in [0.2, 0.25) is 5.02 Å². The van der Waals surface area contributed by atoms with E-state index in [-0.39, 0.29) is 11.7 Å². The van der Waals surface area contributed by atoms with Gasteiger partial charge >= 0.3 is 0 Å². The number of thioether (sulfide) groups is 1. The zero-order valence-electron chi connectivity index (χ0n) is 12.6. The van der Waals surface area contributed by atoms with Crippen LogP contribution in [0.1, 0.15) is 20.8 Å². The fraction of sp³-hybridized carbons (Fsp3) is 0.250. The molecule has 126 valence electrons. The first-order chi connectivity index (χ1) is 11.6. The Labute approximate surface area is 152 Å². The van der Waals surface area contributed by atoms with Crippen molar-refractivity contribution in [3.8, 4) is 0 Å². The van der Waals surface area contributed by atoms with Crippen molar-refractivity contribution in [1.82, 2.24) is 0 Å². The third kappa shape index (κ3) is 3.75. The standard InChI is InChI=1S/C16H15ClN2O3S2/c17-10-3-1-2-4-11(10)23-8-13(20)19-16-14(15(18)21)9-5-6-22-7-12(9)24-16/h1-4H,5-8H2,(H2,18,21)(H,19,20). The number of anilines is 1. The molecule has 0 unspecified atom stereocenters. The number of hydrogen-bond donors (Lipinski definition) is 2. The minimum atomic E-state index is -0.525. The highest BCUT2D eigenvalue weighted by molar-refractivity contribution is 8.00. The topological polar surface area (TPSA) is 81.4 Å². The fourth-order valence-electron chi connectivity index (χ4n) is 2.45. The molecule has 0 fully saturated rings. The highest BCUT2D eigenvalue weighted by Gasteiger charge is 2.25. The van der Waals surface area contributed by atoms with Crippen molar-refractivity contribution in [3.63, 3.8) is 0 Å². The van der Waals surface area contributed by atoms with Crippen LogP contribution in [0, 0.1) is 0 Å². The zero-order chi connectivity index (χ0) is 17.1. The summed E-state index contributed by atoms with van der Waals surface area (Å²) in [6, 6.07) is 7.34. The predicted molar refractivity (Wildman–Crippen MR) is 97.0 cm³/mol. The molecule has 0 atom stereocenters. The van der Waals surface area contributed by atoms with Gasteiger partial charge in [-0.1, -0.05) is 23.7 Å². The lowest BCUT2D eigenvalue weighted by molar-refractivity contribution is -0.113. The summed E-state index contributed by atoms with van der Waals surface area (Å²) in [7, 11) is 0. The molecular formula is C16H15ClN2O3S2. The zero-order valence-corrected chi connectivity index (χ0v) is 15.0. The van der Waals surface area contributed by atoms with Crippen molar-refractivity contribution in [2.24, 2.45) is 5.73 Å². The largest absolute Gasteiger partial charge is 0.376 e. The Morgan fingerprint density at radius 2 is 2.17 bits per heavy atom. The molecule has 0 saturated heterocycles. The van der Waals surface area contributed by atoms with E-state index in [1.807, 2.05) is 18.2 Å². The summed E-state index contributed by atoms with van der Waals surface area (Å²) in [5.74, 6) is -0.536. The lowest BCUT2D eigenvalue weighted by atomic mass is 10.1. The summed E-state index contributed by atoms with van der Waals surface area (Å²) in [5, 5.41) is 3.91. The molecule has 3 rings (SSSR count). The Balaban J connectivity index is 1.71. The molecule has 3 N–H and O–H groups in total. The maximum Gasteiger partial charge on any atom is 0.251 e. The number of nitrogens with two attached hydrogens (primary N) is 1. The molecule has 1 aliphatic heterocycles. The van der Waals surface area contributed by atoms with Gasteiger partial charge in [-0.05, 0) is 24.1 Å². The summed E-state index contributed by atoms with van der Waals surface area (Å²) in [4.78, 5) is 25.8. The number of ether oxygens (including phenoxy) is 1. The van der Waals surface area contributed by atoms with Crippen LogP contribution in [0.4, 0.5) is 5.00 Å². The third-order valence-corrected chi connectivity index (χ3v) is 6.15. The Hall–Kier alpha value is -1.54. The first-order valence-corrected chi connectivity index (χ1v) is 9.43. The molecule has 1 aromatic heterocycles. The third-order valence-electron chi connectivity index (χ3n) is 3.52. The van der Waals surface area contributed by atoms with Gasteiger partial charge in [-0.2, -0.15) is 0 Å². The van der Waals surface area contributed by atoms with Gasteiger partial charge in [0.25, 0.3) is 5.91 Å². The lowest BCUT2D eigenvalue weighted by Crippen LogP contribution is -2.20. The molecule has 0 spiro atoms. The van der Waals surface area contributed by atoms with Crippen molar-refractivity contribution >= 4 is 51.5 Å². The van der Waals surface area contributed by atoms with Crippen LogP contribution in [0.15, 0.2) is 29.2 Å². The second kappa shape index (κ2) is 7.57. The van der Waals surface area contributed by atoms with Gasteiger partial charge in [-0.15, -0.1) is 23.1 Å². The number of primary amides is 1. The molecule has 2 heterocycles. The summed E-state index contributed by atoms with van der Waals surface area (Å²) in [6.07, 6.45) is 0.633. The van der Waals surface area contributed by atoms with E-state index in [0.29, 0.717) is 35.2 Å². The minimum absolute atomic E-state index is 0.195. The van der Waals surface area contributed by atoms with E-state index < -0.39 is 5.91 Å². The van der Waals surface area contributed by atoms with Gasteiger partial charge in [0.05, 0.1) is 29.6 Å². The maximum atomic E-state index is 12.2. The Morgan fingerprint density at radius 3 is 2.92 bits per heavy atom. The van der Waals surface area contributed by atoms with Gasteiger partial charge in [0, 0.05) is 9.77 Å². The molecular weight excluding hydrogens is 368 g/mol. The summed E-state index contributed by atoms with van der Waals surface area (Å²) in [6.45, 7) is 1.00. The van der Waals surface area contributed by atoms with Crippen LogP contribution >= 0.6 is 34.7 Å². The van der Waals surface area contributed by atoms with E-state index in [0.717, 1.165) is 15.3 Å². The van der Waals surface area contributed by atoms with Gasteiger partial charge in [0.15, 0.2) is 0 Å². The summed E-state index contributed by atoms with van der Waals surface area (Å²) >= 11 is 8.77. The lowest BCUT2D eigenvalue weighted by Gasteiger charge is -2.12. The number of fused-ring (bicyclic) bond motifs is 1. The maximum absolute atomic E-state index is 12.2. The molecule has 1 aliphatic rings. The van der Waals surface area contributed by atoms with E-state index in [1.165, 1.54) is 23.1 Å². The van der Waals surface area contributed by atoms with Gasteiger partial charge in [-0.25, -0.2) is 0 Å². The first-order valence-electron chi connectivity index (χ1n) is 7.25. The van der Waals surface area contributed by atoms with E-state index >= 15 is 0 Å². The van der Waals surface area contributed by atoms with Crippen LogP contribution < -0.4 is 11.1 Å². The Kier molecular flexibility index (Phi) is 5.45. The van der Waals surface area contributed by atoms with E-state index in [2.05, 4.69) is 5.32 Å². The van der Waals surface area contributed by atoms with E-state index in [4.69, 9.17) is 22.1 Å². The smallest absolute Gasteiger partial charge is 0.251 e. The average Bonchev–Trinajstić information content (AvgIpc) is 2.92. The molecule has 8 heteroatoms. The minimum Gasteiger partial charge on any atom is -0.376 e. The van der Waals surface area contributed by atoms with Crippen molar-refractivity contribution in [2.75, 3.05) is 17.7 Å². The SMILES string of the molecule is NC(=O)c1c(NC(=O)CSc2ccccc2Cl)sc2c1CCOC2. The van der Waals surface area contributed by atoms with Crippen LogP contribution in [-0.2, 0) is 22.6 Å². The number of nitrogens with one attached hydrogen (secondary N) is 1. The number of carbonyl (C=O) groups excluding carboxylic acids is 2. The van der Waals surface area contributed by atoms with Crippen LogP contribution in [-0.4, -0.2) is 24.2 Å². The molecule has 0 bridgehead atoms. The van der Waals surface area contributed by atoms with E-state index in [1.54, 1.807) is 6.07 Å². The number of halogens is 1. The second-order valence-electron chi connectivity index (χ2n) is 5.14. The number of carbonyl (C=O) groups is 2. The van der Waals surface area contributed by atoms with Crippen LogP contribution in [0.3, 0.4) is 0 Å². The quantitative estimate of drug-likeness (QED) is 0.777. The fourth-order valence-corrected chi connectivity index (χ4v) is 4.69. The Bertz CT molecular complexity index is 792. The van der Waals surface area contributed by atoms with Gasteiger partial charge in [0.1, 0.15) is 5.00 Å². The van der Waals surface area contributed by atoms with Crippen molar-refractivity contribution in [2.45, 2.75) is 17.9 Å². The van der Waals surface area contributed by atoms with Gasteiger partial charge in [-0.3, -0.25) is 9.59 Å². The summed E-state index contributed by atoms with van der Waals surface area (Å²) < 4.78 is 5.39. The van der Waals surface area contributed by atoms with Crippen LogP contribution in [0.5, 0.6) is 0 Å². The van der Waals surface area contributed by atoms with Gasteiger partial charge < -0.3 is 15.8 Å². The number of thiophene rings is 1. The van der Waals surface area contributed by atoms with E-state index in [9.17, 15) is 9.59 Å². The first kappa shape index (κ1) is 17.3. The van der Waals surface area contributed by atoms with Crippen molar-refractivity contribution in [3.05, 3.63) is 45.3 Å². The normalized spacial score (nSPS) is 13.4. The number of rotatable bonds is 5. The molecule has 1 aromatic carbocycles. The highest BCUT2D eigenvalue weighted by atomic mass is 35.5. The molecule has 0 saturated carbocycles. The molecule has 5 nitrogen and oxygen atoms in total. The molecule has 24 heavy (non-hydrogen) atoms. The molecule has 0 aliphatic carbocycles. The number of hydrogen-bond acceptors (Lipinski definition) is 5. The Morgan fingerprint density at radius 1 is 1.38 bits per heavy atom. The molecule has 0 radical (unpaired) electrons. The van der Waals surface area contributed by atoms with Crippen LogP contribution in [0.25, 0.3) is 0 Å². The summed E-state index contributed by atoms with van der Waals surface area (Å²) in [5.41, 5.74) is 6.80. The van der Waals surface area contributed by atoms with Gasteiger partial charge in [0.2, 0.25) is 5.91 Å². The highest BCUT2D eigenvalue weighted by Crippen LogP contribution is 2.36. The number of amides is 2. The monoisotopic (exact) mass is 382 g/mol. The van der Waals surface area contributed by atoms with Crippen molar-refractivity contribution < 1.29 is 14.3 Å². The molecule has 2 aromatic rings. The average molecular weight is 383 g/mol.